The Morgan fingerprint density at radius 2 is 1.86 bits per heavy atom. The lowest BCUT2D eigenvalue weighted by Crippen LogP contribution is -2.14. The van der Waals surface area contributed by atoms with Gasteiger partial charge < -0.3 is 29.4 Å². The summed E-state index contributed by atoms with van der Waals surface area (Å²) in [6, 6.07) is 11.0. The Balaban J connectivity index is 1.47. The summed E-state index contributed by atoms with van der Waals surface area (Å²) in [7, 11) is 4.92. The molecule has 0 atom stereocenters. The van der Waals surface area contributed by atoms with Crippen molar-refractivity contribution in [2.45, 2.75) is 13.8 Å². The lowest BCUT2D eigenvalue weighted by atomic mass is 10.0. The Hall–Kier alpha value is -4.60. The van der Waals surface area contributed by atoms with Gasteiger partial charge in [-0.2, -0.15) is 4.98 Å². The van der Waals surface area contributed by atoms with Crippen molar-refractivity contribution in [2.75, 3.05) is 38.5 Å². The number of imidazole rings is 1. The lowest BCUT2D eigenvalue weighted by molar-refractivity contribution is 0.0921. The maximum absolute atomic E-state index is 12.7. The molecule has 186 valence electrons. The predicted octanol–water partition coefficient (Wildman–Crippen LogP) is 4.34. The molecule has 0 spiro atoms. The maximum atomic E-state index is 12.7. The first-order valence-electron chi connectivity index (χ1n) is 11.2. The number of ether oxygens (including phenoxy) is 3. The van der Waals surface area contributed by atoms with Gasteiger partial charge in [-0.1, -0.05) is 0 Å². The van der Waals surface area contributed by atoms with E-state index in [9.17, 15) is 4.79 Å². The first-order valence-corrected chi connectivity index (χ1v) is 11.2. The van der Waals surface area contributed by atoms with E-state index in [1.54, 1.807) is 39.7 Å². The van der Waals surface area contributed by atoms with E-state index in [1.807, 2.05) is 48.9 Å². The van der Waals surface area contributed by atoms with Crippen LogP contribution in [-0.2, 0) is 0 Å². The van der Waals surface area contributed by atoms with Crippen LogP contribution in [0, 0.1) is 13.8 Å². The molecule has 4 aromatic rings. The van der Waals surface area contributed by atoms with Crippen molar-refractivity contribution in [3.05, 3.63) is 71.9 Å². The molecule has 2 N–H and O–H groups in total. The zero-order chi connectivity index (χ0) is 25.7. The number of rotatable bonds is 10. The summed E-state index contributed by atoms with van der Waals surface area (Å²) in [6.45, 7) is 3.64. The second-order valence-corrected chi connectivity index (χ2v) is 7.98. The van der Waals surface area contributed by atoms with Crippen LogP contribution in [0.4, 0.5) is 17.5 Å². The number of carbonyl (C=O) groups excluding carboxylic acids is 1. The van der Waals surface area contributed by atoms with Crippen LogP contribution in [0.25, 0.3) is 5.69 Å². The number of nitrogens with zero attached hydrogens (tertiary/aromatic N) is 4. The summed E-state index contributed by atoms with van der Waals surface area (Å²) in [4.78, 5) is 25.8. The highest BCUT2D eigenvalue weighted by Crippen LogP contribution is 2.29. The van der Waals surface area contributed by atoms with Crippen LogP contribution in [0.1, 0.15) is 21.6 Å². The van der Waals surface area contributed by atoms with E-state index in [0.29, 0.717) is 34.6 Å². The number of hydrogen-bond donors (Lipinski definition) is 2. The number of ketones is 1. The molecule has 0 saturated carbocycles. The molecular weight excluding hydrogens is 460 g/mol. The highest BCUT2D eigenvalue weighted by molar-refractivity contribution is 5.98. The largest absolute Gasteiger partial charge is 0.497 e. The van der Waals surface area contributed by atoms with Crippen molar-refractivity contribution in [3.8, 4) is 22.9 Å². The molecule has 36 heavy (non-hydrogen) atoms. The van der Waals surface area contributed by atoms with Crippen LogP contribution in [-0.4, -0.2) is 53.2 Å². The second-order valence-electron chi connectivity index (χ2n) is 7.98. The fourth-order valence-electron chi connectivity index (χ4n) is 3.66. The normalized spacial score (nSPS) is 10.6. The number of aryl methyl sites for hydroxylation is 2. The van der Waals surface area contributed by atoms with Crippen molar-refractivity contribution in [1.82, 2.24) is 19.5 Å². The lowest BCUT2D eigenvalue weighted by Gasteiger charge is -2.14. The highest BCUT2D eigenvalue weighted by Gasteiger charge is 2.14. The van der Waals surface area contributed by atoms with E-state index in [2.05, 4.69) is 25.6 Å². The smallest absolute Gasteiger partial charge is 0.229 e. The van der Waals surface area contributed by atoms with Gasteiger partial charge in [0.25, 0.3) is 0 Å². The van der Waals surface area contributed by atoms with Crippen molar-refractivity contribution in [1.29, 1.82) is 0 Å². The molecule has 10 heteroatoms. The van der Waals surface area contributed by atoms with E-state index in [1.165, 1.54) is 6.20 Å². The average molecular weight is 489 g/mol. The Morgan fingerprint density at radius 3 is 2.53 bits per heavy atom. The molecule has 0 saturated heterocycles. The first kappa shape index (κ1) is 24.5. The van der Waals surface area contributed by atoms with E-state index in [0.717, 1.165) is 22.6 Å². The van der Waals surface area contributed by atoms with E-state index >= 15 is 0 Å². The van der Waals surface area contributed by atoms with Crippen LogP contribution in [0.15, 0.2) is 55.1 Å². The first-order chi connectivity index (χ1) is 17.4. The number of Topliss-reactive ketones (excluding diaryl/α,β-unsaturated/α-hetero) is 1. The molecule has 0 bridgehead atoms. The topological polar surface area (TPSA) is 112 Å². The van der Waals surface area contributed by atoms with Gasteiger partial charge in [-0.05, 0) is 49.7 Å². The van der Waals surface area contributed by atoms with Gasteiger partial charge >= 0.3 is 0 Å². The number of nitrogens with one attached hydrogen (secondary N) is 2. The third-order valence-electron chi connectivity index (χ3n) is 5.51. The van der Waals surface area contributed by atoms with Crippen LogP contribution >= 0.6 is 0 Å². The minimum Gasteiger partial charge on any atom is -0.497 e. The molecule has 0 aliphatic rings. The standard InChI is InChI=1S/C26H28N6O4/c1-16-10-19(34-4)7-8-20(16)22(33)14-36-24-12-28-26(31-25(24)27-3)30-18-6-9-21(23(11-18)35-5)32-13-17(2)29-15-32/h6-13,15H,14H2,1-5H3,(H2,27,28,30,31). The van der Waals surface area contributed by atoms with Gasteiger partial charge in [0, 0.05) is 30.6 Å². The summed E-state index contributed by atoms with van der Waals surface area (Å²) < 4.78 is 18.4. The molecule has 0 fully saturated rings. The van der Waals surface area contributed by atoms with Gasteiger partial charge in [-0.3, -0.25) is 4.79 Å². The maximum Gasteiger partial charge on any atom is 0.229 e. The molecule has 0 amide bonds. The third-order valence-corrected chi connectivity index (χ3v) is 5.51. The highest BCUT2D eigenvalue weighted by atomic mass is 16.5. The van der Waals surface area contributed by atoms with E-state index in [4.69, 9.17) is 14.2 Å². The molecule has 2 aromatic heterocycles. The van der Waals surface area contributed by atoms with Crippen molar-refractivity contribution < 1.29 is 19.0 Å². The quantitative estimate of drug-likeness (QED) is 0.315. The Bertz CT molecular complexity index is 1380. The number of anilines is 3. The molecule has 10 nitrogen and oxygen atoms in total. The minimum absolute atomic E-state index is 0.148. The van der Waals surface area contributed by atoms with Gasteiger partial charge in [-0.15, -0.1) is 0 Å². The second kappa shape index (κ2) is 10.8. The van der Waals surface area contributed by atoms with Crippen LogP contribution in [0.3, 0.4) is 0 Å². The zero-order valence-electron chi connectivity index (χ0n) is 20.8. The summed E-state index contributed by atoms with van der Waals surface area (Å²) in [5.74, 6) is 2.38. The molecule has 2 heterocycles. The third kappa shape index (κ3) is 5.38. The number of carbonyl (C=O) groups is 1. The fourth-order valence-corrected chi connectivity index (χ4v) is 3.66. The molecule has 0 aliphatic heterocycles. The summed E-state index contributed by atoms with van der Waals surface area (Å²) >= 11 is 0. The molecule has 0 unspecified atom stereocenters. The number of benzene rings is 2. The Kier molecular flexibility index (Phi) is 7.33. The Morgan fingerprint density at radius 1 is 1.03 bits per heavy atom. The SMILES string of the molecule is CNc1nc(Nc2ccc(-n3cnc(C)c3)c(OC)c2)ncc1OCC(=O)c1ccc(OC)cc1C. The van der Waals surface area contributed by atoms with E-state index in [-0.39, 0.29) is 12.4 Å². The zero-order valence-corrected chi connectivity index (χ0v) is 20.8. The van der Waals surface area contributed by atoms with Crippen molar-refractivity contribution >= 4 is 23.2 Å². The summed E-state index contributed by atoms with van der Waals surface area (Å²) in [5, 5.41) is 6.16. The van der Waals surface area contributed by atoms with Crippen LogP contribution in [0.5, 0.6) is 17.2 Å². The molecule has 4 rings (SSSR count). The van der Waals surface area contributed by atoms with Gasteiger partial charge in [-0.25, -0.2) is 9.97 Å². The molecule has 0 radical (unpaired) electrons. The van der Waals surface area contributed by atoms with E-state index < -0.39 is 0 Å². The van der Waals surface area contributed by atoms with Crippen LogP contribution in [0.2, 0.25) is 0 Å². The van der Waals surface area contributed by atoms with Gasteiger partial charge in [0.15, 0.2) is 24.0 Å². The number of hydrogen-bond acceptors (Lipinski definition) is 9. The number of methoxy groups -OCH3 is 2. The molecule has 2 aromatic carbocycles. The van der Waals surface area contributed by atoms with Gasteiger partial charge in [0.05, 0.1) is 38.1 Å². The van der Waals surface area contributed by atoms with Gasteiger partial charge in [0.1, 0.15) is 11.5 Å². The van der Waals surface area contributed by atoms with Crippen LogP contribution < -0.4 is 24.8 Å². The van der Waals surface area contributed by atoms with Gasteiger partial charge in [0.2, 0.25) is 5.95 Å². The fraction of sp³-hybridized carbons (Fsp3) is 0.231. The predicted molar refractivity (Wildman–Crippen MR) is 137 cm³/mol. The number of aromatic nitrogens is 4. The molecule has 0 aliphatic carbocycles. The van der Waals surface area contributed by atoms with Crippen molar-refractivity contribution in [3.63, 3.8) is 0 Å². The Labute approximate surface area is 209 Å². The average Bonchev–Trinajstić information content (AvgIpc) is 3.33. The minimum atomic E-state index is -0.153. The van der Waals surface area contributed by atoms with Crippen molar-refractivity contribution in [2.24, 2.45) is 0 Å². The summed E-state index contributed by atoms with van der Waals surface area (Å²) in [6.07, 6.45) is 5.18. The monoisotopic (exact) mass is 488 g/mol. The summed E-state index contributed by atoms with van der Waals surface area (Å²) in [5.41, 5.74) is 3.91. The molecular formula is C26H28N6O4.